The third-order valence-electron chi connectivity index (χ3n) is 7.18. The Morgan fingerprint density at radius 3 is 1.95 bits per heavy atom. The minimum Gasteiger partial charge on any atom is -0.464 e. The molecule has 172 valence electrons. The normalized spacial score (nSPS) is 14.8. The minimum atomic E-state index is -0.428. The third-order valence-corrected chi connectivity index (χ3v) is 7.18. The zero-order valence-electron chi connectivity index (χ0n) is 27.5. The van der Waals surface area contributed by atoms with Crippen LogP contribution in [0.25, 0.3) is 76.3 Å². The number of fused-ring (bicyclic) bond motifs is 6. The van der Waals surface area contributed by atoms with Gasteiger partial charge in [-0.25, -0.2) is 0 Å². The molecule has 0 saturated heterocycles. The molecule has 1 aromatic heterocycles. The average Bonchev–Trinajstić information content (AvgIpc) is 3.54. The van der Waals surface area contributed by atoms with Crippen LogP contribution in [0.1, 0.15) is 11.0 Å². The monoisotopic (exact) mass is 478 g/mol. The van der Waals surface area contributed by atoms with Crippen molar-refractivity contribution >= 4 is 54.1 Å². The lowest BCUT2D eigenvalue weighted by molar-refractivity contribution is 0.616. The van der Waals surface area contributed by atoms with Crippen molar-refractivity contribution in [3.63, 3.8) is 0 Å². The first-order valence-corrected chi connectivity index (χ1v) is 12.0. The van der Waals surface area contributed by atoms with Gasteiger partial charge in [0.2, 0.25) is 0 Å². The molecule has 8 aromatic rings. The van der Waals surface area contributed by atoms with Gasteiger partial charge in [0.15, 0.2) is 0 Å². The van der Waals surface area contributed by atoms with Gasteiger partial charge >= 0.3 is 0 Å². The number of hydrogen-bond acceptors (Lipinski definition) is 1. The van der Waals surface area contributed by atoms with Gasteiger partial charge in [-0.3, -0.25) is 0 Å². The second-order valence-electron chi connectivity index (χ2n) is 9.11. The van der Waals surface area contributed by atoms with E-state index in [2.05, 4.69) is 0 Å². The maximum Gasteiger partial charge on any atom is 0.134 e. The summed E-state index contributed by atoms with van der Waals surface area (Å²) in [5.41, 5.74) is 2.30. The van der Waals surface area contributed by atoms with E-state index < -0.39 is 24.2 Å². The van der Waals surface area contributed by atoms with Gasteiger partial charge < -0.3 is 4.42 Å². The highest BCUT2D eigenvalue weighted by Gasteiger charge is 2.18. The van der Waals surface area contributed by atoms with Gasteiger partial charge in [-0.15, -0.1) is 0 Å². The Morgan fingerprint density at radius 2 is 1.16 bits per heavy atom. The molecule has 0 saturated carbocycles. The summed E-state index contributed by atoms with van der Waals surface area (Å²) in [6.45, 7) is 0. The zero-order chi connectivity index (χ0) is 31.3. The molecule has 1 heterocycles. The summed E-state index contributed by atoms with van der Waals surface area (Å²) in [5.74, 6) is 0. The highest BCUT2D eigenvalue weighted by atomic mass is 16.3. The van der Waals surface area contributed by atoms with Crippen molar-refractivity contribution in [2.24, 2.45) is 0 Å². The highest BCUT2D eigenvalue weighted by Crippen LogP contribution is 2.46. The van der Waals surface area contributed by atoms with Crippen LogP contribution in [0.4, 0.5) is 0 Å². The van der Waals surface area contributed by atoms with Gasteiger partial charge in [0.1, 0.15) is 5.58 Å². The van der Waals surface area contributed by atoms with E-state index in [1.807, 2.05) is 60.7 Å². The van der Waals surface area contributed by atoms with Crippen LogP contribution in [-0.4, -0.2) is 0 Å². The van der Waals surface area contributed by atoms with E-state index in [1.54, 1.807) is 24.5 Å². The van der Waals surface area contributed by atoms with Gasteiger partial charge in [0, 0.05) is 5.39 Å². The molecule has 0 fully saturated rings. The summed E-state index contributed by atoms with van der Waals surface area (Å²) < 4.78 is 77.1. The van der Waals surface area contributed by atoms with Crippen LogP contribution in [0.15, 0.2) is 138 Å². The SMILES string of the molecule is [2H]c1c([2H])c([2H])c2c(-c3cccc4c3ccc3ccccc34)c3c([2H])c([2H])c([2H])c([2H])c3c(-c3ccc4ccoc4c3)c2c1[2H]. The average molecular weight is 479 g/mol. The third kappa shape index (κ3) is 2.98. The molecule has 0 aliphatic rings. The number of benzene rings is 7. The van der Waals surface area contributed by atoms with Crippen LogP contribution in [-0.2, 0) is 0 Å². The maximum absolute atomic E-state index is 9.21. The van der Waals surface area contributed by atoms with E-state index in [0.717, 1.165) is 26.9 Å². The summed E-state index contributed by atoms with van der Waals surface area (Å²) in [4.78, 5) is 0. The molecule has 1 heteroatoms. The Morgan fingerprint density at radius 1 is 0.486 bits per heavy atom. The molecule has 7 aromatic carbocycles. The largest absolute Gasteiger partial charge is 0.464 e. The molecule has 0 bridgehead atoms. The fourth-order valence-corrected chi connectivity index (χ4v) is 5.55. The molecule has 1 nitrogen and oxygen atoms in total. The summed E-state index contributed by atoms with van der Waals surface area (Å²) in [7, 11) is 0. The van der Waals surface area contributed by atoms with Crippen molar-refractivity contribution in [1.82, 2.24) is 0 Å². The van der Waals surface area contributed by atoms with E-state index in [-0.39, 0.29) is 45.7 Å². The Bertz CT molecular complexity index is 2500. The first-order chi connectivity index (χ1) is 21.7. The van der Waals surface area contributed by atoms with E-state index in [0.29, 0.717) is 27.8 Å². The summed E-state index contributed by atoms with van der Waals surface area (Å²) >= 11 is 0. The number of furan rings is 1. The molecular weight excluding hydrogens is 448 g/mol. The second-order valence-corrected chi connectivity index (χ2v) is 9.11. The number of rotatable bonds is 2. The molecule has 0 amide bonds. The van der Waals surface area contributed by atoms with Crippen LogP contribution >= 0.6 is 0 Å². The standard InChI is InChI=1S/C36H22O/c1-2-9-26-23(8-1)18-19-28-27(26)14-7-15-29(28)36-32-12-5-3-10-30(32)35(31-11-4-6-13-33(31)36)25-17-16-24-20-21-37-34(24)22-25/h1-22H/i3D,4D,5D,6D,10D,11D,12D,13D. The molecular formula is C36H22O. The van der Waals surface area contributed by atoms with Crippen LogP contribution in [0.5, 0.6) is 0 Å². The van der Waals surface area contributed by atoms with E-state index in [1.165, 1.54) is 0 Å². The summed E-state index contributed by atoms with van der Waals surface area (Å²) in [6, 6.07) is 21.9. The molecule has 8 rings (SSSR count). The summed E-state index contributed by atoms with van der Waals surface area (Å²) in [5, 5.41) is 5.30. The lowest BCUT2D eigenvalue weighted by Crippen LogP contribution is -1.91. The van der Waals surface area contributed by atoms with Crippen LogP contribution in [0.3, 0.4) is 0 Å². The number of hydrogen-bond donors (Lipinski definition) is 0. The Balaban J connectivity index is 1.70. The molecule has 0 aliphatic heterocycles. The van der Waals surface area contributed by atoms with E-state index in [4.69, 9.17) is 12.6 Å². The Labute approximate surface area is 225 Å². The topological polar surface area (TPSA) is 13.1 Å². The maximum atomic E-state index is 9.21. The van der Waals surface area contributed by atoms with Gasteiger partial charge in [-0.1, -0.05) is 115 Å². The van der Waals surface area contributed by atoms with Crippen molar-refractivity contribution in [2.75, 3.05) is 0 Å². The van der Waals surface area contributed by atoms with E-state index >= 15 is 0 Å². The minimum absolute atomic E-state index is 0.178. The molecule has 37 heavy (non-hydrogen) atoms. The van der Waals surface area contributed by atoms with Crippen molar-refractivity contribution in [3.05, 3.63) is 133 Å². The second kappa shape index (κ2) is 7.81. The predicted octanol–water partition coefficient (Wildman–Crippen LogP) is 10.4. The predicted molar refractivity (Wildman–Crippen MR) is 157 cm³/mol. The first-order valence-electron chi connectivity index (χ1n) is 16.0. The van der Waals surface area contributed by atoms with Crippen molar-refractivity contribution in [2.45, 2.75) is 0 Å². The molecule has 0 aliphatic carbocycles. The lowest BCUT2D eigenvalue weighted by Gasteiger charge is -2.19. The molecule has 0 atom stereocenters. The van der Waals surface area contributed by atoms with Gasteiger partial charge in [-0.2, -0.15) is 0 Å². The molecule has 0 unspecified atom stereocenters. The fourth-order valence-electron chi connectivity index (χ4n) is 5.55. The van der Waals surface area contributed by atoms with Crippen molar-refractivity contribution in [3.8, 4) is 22.3 Å². The quantitative estimate of drug-likeness (QED) is 0.178. The Kier molecular flexibility index (Phi) is 2.96. The van der Waals surface area contributed by atoms with Crippen LogP contribution in [0.2, 0.25) is 0 Å². The van der Waals surface area contributed by atoms with Crippen LogP contribution < -0.4 is 0 Å². The molecule has 0 radical (unpaired) electrons. The van der Waals surface area contributed by atoms with Gasteiger partial charge in [0.25, 0.3) is 0 Å². The molecule has 0 N–H and O–H groups in total. The zero-order valence-corrected chi connectivity index (χ0v) is 19.5. The van der Waals surface area contributed by atoms with Gasteiger partial charge in [-0.05, 0) is 77.5 Å². The van der Waals surface area contributed by atoms with E-state index in [9.17, 15) is 2.74 Å². The van der Waals surface area contributed by atoms with Crippen molar-refractivity contribution < 1.29 is 15.4 Å². The van der Waals surface area contributed by atoms with Gasteiger partial charge in [0.05, 0.1) is 17.2 Å². The highest BCUT2D eigenvalue weighted by molar-refractivity contribution is 6.25. The molecule has 0 spiro atoms. The van der Waals surface area contributed by atoms with Crippen LogP contribution in [0, 0.1) is 0 Å². The smallest absolute Gasteiger partial charge is 0.134 e. The Hall–Kier alpha value is -4.88. The van der Waals surface area contributed by atoms with Crippen molar-refractivity contribution in [1.29, 1.82) is 0 Å². The fraction of sp³-hybridized carbons (Fsp3) is 0. The summed E-state index contributed by atoms with van der Waals surface area (Å²) in [6.07, 6.45) is 1.55. The lowest BCUT2D eigenvalue weighted by atomic mass is 9.84. The first kappa shape index (κ1) is 14.0.